The lowest BCUT2D eigenvalue weighted by molar-refractivity contribution is 0.409. The maximum atomic E-state index is 12.8. The first kappa shape index (κ1) is 19.2. The van der Waals surface area contributed by atoms with Gasteiger partial charge in [0.05, 0.1) is 18.8 Å². The number of fused-ring (bicyclic) bond motifs is 3. The van der Waals surface area contributed by atoms with Crippen LogP contribution in [0.5, 0.6) is 11.6 Å². The molecule has 5 rings (SSSR count). The fraction of sp³-hybridized carbons (Fsp3) is 0.217. The van der Waals surface area contributed by atoms with Crippen molar-refractivity contribution in [3.63, 3.8) is 0 Å². The third kappa shape index (κ3) is 3.03. The number of aryl methyl sites for hydroxylation is 1. The van der Waals surface area contributed by atoms with Crippen molar-refractivity contribution in [2.45, 2.75) is 19.4 Å². The number of hydrogen-bond donors (Lipinski definition) is 4. The molecule has 0 saturated carbocycles. The van der Waals surface area contributed by atoms with Gasteiger partial charge in [0, 0.05) is 23.1 Å². The molecule has 2 aromatic carbocycles. The van der Waals surface area contributed by atoms with E-state index in [0.717, 1.165) is 44.5 Å². The Kier molecular flexibility index (Phi) is 4.44. The molecule has 4 N–H and O–H groups in total. The number of methoxy groups -OCH3 is 1. The van der Waals surface area contributed by atoms with E-state index in [0.29, 0.717) is 12.2 Å². The Labute approximate surface area is 177 Å². The molecule has 0 saturated heterocycles. The SMILES string of the molecule is COc1ccc2[nH]c3c(c2c1)CCN[C@H]3c1c(O)n(-c2cccc(C)c2)c(=O)[nH]c1=O. The van der Waals surface area contributed by atoms with Crippen molar-refractivity contribution < 1.29 is 9.84 Å². The Balaban J connectivity index is 1.73. The molecule has 3 heterocycles. The highest BCUT2D eigenvalue weighted by molar-refractivity contribution is 5.86. The molecule has 0 spiro atoms. The minimum Gasteiger partial charge on any atom is -0.497 e. The van der Waals surface area contributed by atoms with E-state index in [1.165, 1.54) is 0 Å². The van der Waals surface area contributed by atoms with E-state index >= 15 is 0 Å². The summed E-state index contributed by atoms with van der Waals surface area (Å²) in [4.78, 5) is 31.2. The lowest BCUT2D eigenvalue weighted by Gasteiger charge is -2.25. The van der Waals surface area contributed by atoms with Crippen LogP contribution in [0.15, 0.2) is 52.1 Å². The predicted molar refractivity (Wildman–Crippen MR) is 117 cm³/mol. The summed E-state index contributed by atoms with van der Waals surface area (Å²) in [7, 11) is 1.62. The van der Waals surface area contributed by atoms with Crippen LogP contribution < -0.4 is 21.3 Å². The van der Waals surface area contributed by atoms with E-state index in [9.17, 15) is 14.7 Å². The number of aromatic nitrogens is 3. The highest BCUT2D eigenvalue weighted by Crippen LogP contribution is 2.36. The molecule has 1 aliphatic rings. The van der Waals surface area contributed by atoms with Crippen LogP contribution in [0.1, 0.15) is 28.4 Å². The lowest BCUT2D eigenvalue weighted by atomic mass is 9.95. The number of H-pyrrole nitrogens is 2. The molecule has 0 bridgehead atoms. The smallest absolute Gasteiger partial charge is 0.335 e. The molecule has 0 fully saturated rings. The van der Waals surface area contributed by atoms with E-state index in [1.54, 1.807) is 25.3 Å². The van der Waals surface area contributed by atoms with Gasteiger partial charge in [0.15, 0.2) is 0 Å². The van der Waals surface area contributed by atoms with Crippen molar-refractivity contribution in [2.24, 2.45) is 0 Å². The van der Waals surface area contributed by atoms with Gasteiger partial charge in [-0.05, 0) is 54.8 Å². The molecule has 8 heteroatoms. The molecule has 0 aliphatic carbocycles. The van der Waals surface area contributed by atoms with Gasteiger partial charge in [-0.2, -0.15) is 0 Å². The van der Waals surface area contributed by atoms with Crippen LogP contribution in [0.2, 0.25) is 0 Å². The van der Waals surface area contributed by atoms with Crippen molar-refractivity contribution >= 4 is 10.9 Å². The third-order valence-electron chi connectivity index (χ3n) is 5.83. The number of nitrogens with one attached hydrogen (secondary N) is 3. The Morgan fingerprint density at radius 1 is 1.13 bits per heavy atom. The number of aromatic amines is 2. The van der Waals surface area contributed by atoms with Gasteiger partial charge in [0.2, 0.25) is 5.88 Å². The van der Waals surface area contributed by atoms with Crippen molar-refractivity contribution in [2.75, 3.05) is 13.7 Å². The van der Waals surface area contributed by atoms with Crippen molar-refractivity contribution in [3.8, 4) is 17.3 Å². The first-order valence-corrected chi connectivity index (χ1v) is 10.0. The zero-order chi connectivity index (χ0) is 21.7. The second-order valence-corrected chi connectivity index (χ2v) is 7.74. The van der Waals surface area contributed by atoms with Crippen LogP contribution in [0.4, 0.5) is 0 Å². The van der Waals surface area contributed by atoms with Crippen LogP contribution in [0.3, 0.4) is 0 Å². The van der Waals surface area contributed by atoms with Crippen LogP contribution in [-0.4, -0.2) is 33.3 Å². The van der Waals surface area contributed by atoms with Crippen molar-refractivity contribution in [3.05, 3.63) is 85.7 Å². The summed E-state index contributed by atoms with van der Waals surface area (Å²) in [6, 6.07) is 12.3. The van der Waals surface area contributed by atoms with Crippen molar-refractivity contribution in [1.29, 1.82) is 0 Å². The minimum atomic E-state index is -0.686. The Bertz CT molecular complexity index is 1430. The van der Waals surface area contributed by atoms with E-state index in [-0.39, 0.29) is 11.4 Å². The van der Waals surface area contributed by atoms with E-state index in [1.807, 2.05) is 31.2 Å². The summed E-state index contributed by atoms with van der Waals surface area (Å²) in [5, 5.41) is 15.4. The average Bonchev–Trinajstić information content (AvgIpc) is 3.12. The van der Waals surface area contributed by atoms with Crippen molar-refractivity contribution in [1.82, 2.24) is 19.9 Å². The molecule has 0 unspecified atom stereocenters. The molecule has 4 aromatic rings. The molecular formula is C23H22N4O4. The normalized spacial score (nSPS) is 15.7. The van der Waals surface area contributed by atoms with Gasteiger partial charge in [0.1, 0.15) is 11.3 Å². The monoisotopic (exact) mass is 418 g/mol. The van der Waals surface area contributed by atoms with E-state index in [2.05, 4.69) is 15.3 Å². The number of hydrogen-bond acceptors (Lipinski definition) is 5. The van der Waals surface area contributed by atoms with Gasteiger partial charge < -0.3 is 20.1 Å². The number of nitrogens with zero attached hydrogens (tertiary/aromatic N) is 1. The molecule has 2 aromatic heterocycles. The fourth-order valence-corrected chi connectivity index (χ4v) is 4.39. The van der Waals surface area contributed by atoms with Gasteiger partial charge >= 0.3 is 5.69 Å². The molecule has 8 nitrogen and oxygen atoms in total. The van der Waals surface area contributed by atoms with Gasteiger partial charge in [-0.3, -0.25) is 9.78 Å². The Morgan fingerprint density at radius 2 is 1.97 bits per heavy atom. The summed E-state index contributed by atoms with van der Waals surface area (Å²) < 4.78 is 6.49. The first-order chi connectivity index (χ1) is 15.0. The summed E-state index contributed by atoms with van der Waals surface area (Å²) in [5.41, 5.74) is 2.98. The second-order valence-electron chi connectivity index (χ2n) is 7.74. The molecule has 0 amide bonds. The molecule has 1 atom stereocenters. The molecule has 158 valence electrons. The maximum absolute atomic E-state index is 12.8. The summed E-state index contributed by atoms with van der Waals surface area (Å²) >= 11 is 0. The van der Waals surface area contributed by atoms with Gasteiger partial charge in [-0.25, -0.2) is 9.36 Å². The maximum Gasteiger partial charge on any atom is 0.335 e. The number of aromatic hydroxyl groups is 1. The number of ether oxygens (including phenoxy) is 1. The molecular weight excluding hydrogens is 396 g/mol. The minimum absolute atomic E-state index is 0.0978. The van der Waals surface area contributed by atoms with E-state index in [4.69, 9.17) is 4.74 Å². The Hall–Kier alpha value is -3.78. The zero-order valence-electron chi connectivity index (χ0n) is 17.2. The molecule has 0 radical (unpaired) electrons. The predicted octanol–water partition coefficient (Wildman–Crippen LogP) is 2.26. The molecule has 31 heavy (non-hydrogen) atoms. The second kappa shape index (κ2) is 7.17. The summed E-state index contributed by atoms with van der Waals surface area (Å²) in [6.07, 6.45) is 0.759. The third-order valence-corrected chi connectivity index (χ3v) is 5.83. The first-order valence-electron chi connectivity index (χ1n) is 10.0. The Morgan fingerprint density at radius 3 is 2.74 bits per heavy atom. The number of benzene rings is 2. The lowest BCUT2D eigenvalue weighted by Crippen LogP contribution is -2.38. The summed E-state index contributed by atoms with van der Waals surface area (Å²) in [6.45, 7) is 2.51. The van der Waals surface area contributed by atoms with Crippen LogP contribution in [0, 0.1) is 6.92 Å². The fourth-order valence-electron chi connectivity index (χ4n) is 4.39. The largest absolute Gasteiger partial charge is 0.497 e. The highest BCUT2D eigenvalue weighted by atomic mass is 16.5. The van der Waals surface area contributed by atoms with Gasteiger partial charge in [-0.15, -0.1) is 0 Å². The molecule has 1 aliphatic heterocycles. The van der Waals surface area contributed by atoms with Crippen LogP contribution in [-0.2, 0) is 6.42 Å². The van der Waals surface area contributed by atoms with Crippen LogP contribution in [0.25, 0.3) is 16.6 Å². The van der Waals surface area contributed by atoms with E-state index < -0.39 is 17.3 Å². The van der Waals surface area contributed by atoms with Gasteiger partial charge in [-0.1, -0.05) is 12.1 Å². The van der Waals surface area contributed by atoms with Crippen LogP contribution >= 0.6 is 0 Å². The number of rotatable bonds is 3. The van der Waals surface area contributed by atoms with Gasteiger partial charge in [0.25, 0.3) is 5.56 Å². The zero-order valence-corrected chi connectivity index (χ0v) is 17.2. The average molecular weight is 418 g/mol. The highest BCUT2D eigenvalue weighted by Gasteiger charge is 2.31. The summed E-state index contributed by atoms with van der Waals surface area (Å²) in [5.74, 6) is 0.374. The standard InChI is InChI=1S/C23H22N4O4/c1-12-4-3-5-13(10-12)27-22(29)18(21(28)26-23(27)30)20-19-15(8-9-24-20)16-11-14(31-2)6-7-17(16)25-19/h3-7,10-11,20,24-25,29H,8-9H2,1-2H3,(H,26,28,30)/t20-/m0/s1. The topological polar surface area (TPSA) is 112 Å². The quantitative estimate of drug-likeness (QED) is 0.408.